The van der Waals surface area contributed by atoms with E-state index in [0.29, 0.717) is 19.1 Å². The number of hydrogen-bond acceptors (Lipinski definition) is 3. The zero-order chi connectivity index (χ0) is 18.9. The number of likely N-dealkylation sites (tertiary alicyclic amines) is 1. The van der Waals surface area contributed by atoms with E-state index < -0.39 is 0 Å². The fraction of sp³-hybridized carbons (Fsp3) is 0.409. The quantitative estimate of drug-likeness (QED) is 0.346. The molecule has 28 heavy (non-hydrogen) atoms. The van der Waals surface area contributed by atoms with Crippen molar-refractivity contribution >= 4 is 29.9 Å². The molecule has 6 heteroatoms. The van der Waals surface area contributed by atoms with Crippen LogP contribution in [-0.2, 0) is 17.9 Å². The van der Waals surface area contributed by atoms with E-state index >= 15 is 0 Å². The Kier molecular flexibility index (Phi) is 9.57. The largest absolute Gasteiger partial charge is 0.508 e. The van der Waals surface area contributed by atoms with E-state index in [1.54, 1.807) is 12.1 Å². The van der Waals surface area contributed by atoms with Gasteiger partial charge in [0.15, 0.2) is 5.96 Å². The van der Waals surface area contributed by atoms with Crippen molar-refractivity contribution in [2.45, 2.75) is 26.5 Å². The molecule has 1 aliphatic rings. The molecular formula is C22H30IN3O2. The number of rotatable bonds is 7. The zero-order valence-electron chi connectivity index (χ0n) is 16.4. The highest BCUT2D eigenvalue weighted by Gasteiger charge is 2.25. The van der Waals surface area contributed by atoms with Gasteiger partial charge in [0, 0.05) is 25.6 Å². The maximum atomic E-state index is 9.40. The Bertz CT molecular complexity index is 722. The van der Waals surface area contributed by atoms with Gasteiger partial charge >= 0.3 is 0 Å². The first-order valence-corrected chi connectivity index (χ1v) is 9.67. The number of nitrogens with one attached hydrogen (secondary N) is 1. The van der Waals surface area contributed by atoms with E-state index in [9.17, 15) is 5.11 Å². The molecule has 152 valence electrons. The molecule has 1 aliphatic heterocycles. The van der Waals surface area contributed by atoms with Crippen LogP contribution in [0.3, 0.4) is 0 Å². The van der Waals surface area contributed by atoms with Gasteiger partial charge in [-0.25, -0.2) is 4.99 Å². The van der Waals surface area contributed by atoms with E-state index in [2.05, 4.69) is 29.3 Å². The summed E-state index contributed by atoms with van der Waals surface area (Å²) in [6, 6.07) is 17.5. The SMILES string of the molecule is CCNC(=NCc1ccc(O)cc1)N1CCC(COCc2ccccc2)C1.I. The Morgan fingerprint density at radius 2 is 1.89 bits per heavy atom. The highest BCUT2D eigenvalue weighted by atomic mass is 127. The zero-order valence-corrected chi connectivity index (χ0v) is 18.7. The molecule has 0 saturated carbocycles. The number of phenolic OH excluding ortho intramolecular Hbond substituents is 1. The second kappa shape index (κ2) is 11.9. The summed E-state index contributed by atoms with van der Waals surface area (Å²) in [5, 5.41) is 12.8. The molecule has 0 spiro atoms. The van der Waals surface area contributed by atoms with Gasteiger partial charge in [0.2, 0.25) is 0 Å². The minimum absolute atomic E-state index is 0. The molecule has 0 amide bonds. The summed E-state index contributed by atoms with van der Waals surface area (Å²) < 4.78 is 5.92. The predicted molar refractivity (Wildman–Crippen MR) is 124 cm³/mol. The average Bonchev–Trinajstić information content (AvgIpc) is 3.16. The number of phenols is 1. The molecule has 3 rings (SSSR count). The highest BCUT2D eigenvalue weighted by Crippen LogP contribution is 2.18. The summed E-state index contributed by atoms with van der Waals surface area (Å²) in [5.41, 5.74) is 2.31. The Hall–Kier alpha value is -1.80. The van der Waals surface area contributed by atoms with Crippen LogP contribution in [0, 0.1) is 5.92 Å². The highest BCUT2D eigenvalue weighted by molar-refractivity contribution is 14.0. The lowest BCUT2D eigenvalue weighted by molar-refractivity contribution is 0.0906. The number of benzene rings is 2. The van der Waals surface area contributed by atoms with Gasteiger partial charge in [-0.15, -0.1) is 24.0 Å². The molecule has 5 nitrogen and oxygen atoms in total. The minimum atomic E-state index is 0. The molecular weight excluding hydrogens is 465 g/mol. The topological polar surface area (TPSA) is 57.1 Å². The number of aliphatic imine (C=N–C) groups is 1. The van der Waals surface area contributed by atoms with Gasteiger partial charge in [0.1, 0.15) is 5.75 Å². The number of hydrogen-bond donors (Lipinski definition) is 2. The fourth-order valence-electron chi connectivity index (χ4n) is 3.27. The van der Waals surface area contributed by atoms with Gasteiger partial charge in [-0.1, -0.05) is 42.5 Å². The molecule has 1 atom stereocenters. The van der Waals surface area contributed by atoms with Crippen LogP contribution in [0.4, 0.5) is 0 Å². The van der Waals surface area contributed by atoms with Gasteiger partial charge in [-0.2, -0.15) is 0 Å². The van der Waals surface area contributed by atoms with Gasteiger partial charge in [0.25, 0.3) is 0 Å². The maximum absolute atomic E-state index is 9.40. The number of ether oxygens (including phenoxy) is 1. The molecule has 1 fully saturated rings. The molecule has 0 bridgehead atoms. The van der Waals surface area contributed by atoms with Crippen molar-refractivity contribution < 1.29 is 9.84 Å². The fourth-order valence-corrected chi connectivity index (χ4v) is 3.27. The van der Waals surface area contributed by atoms with Gasteiger partial charge in [-0.3, -0.25) is 0 Å². The van der Waals surface area contributed by atoms with E-state index in [4.69, 9.17) is 9.73 Å². The third kappa shape index (κ3) is 6.98. The molecule has 1 saturated heterocycles. The average molecular weight is 495 g/mol. The van der Waals surface area contributed by atoms with Crippen molar-refractivity contribution in [3.05, 3.63) is 65.7 Å². The van der Waals surface area contributed by atoms with Crippen molar-refractivity contribution in [3.8, 4) is 5.75 Å². The standard InChI is InChI=1S/C22H29N3O2.HI/c1-2-23-22(24-14-18-8-10-21(26)11-9-18)25-13-12-20(15-25)17-27-16-19-6-4-3-5-7-19;/h3-11,20,26H,2,12-17H2,1H3,(H,23,24);1H. The summed E-state index contributed by atoms with van der Waals surface area (Å²) in [7, 11) is 0. The Morgan fingerprint density at radius 3 is 2.61 bits per heavy atom. The third-order valence-corrected chi connectivity index (χ3v) is 4.73. The predicted octanol–water partition coefficient (Wildman–Crippen LogP) is 4.01. The first kappa shape index (κ1) is 22.5. The molecule has 0 radical (unpaired) electrons. The summed E-state index contributed by atoms with van der Waals surface area (Å²) in [5.74, 6) is 1.77. The van der Waals surface area contributed by atoms with Crippen LogP contribution in [-0.4, -0.2) is 42.2 Å². The maximum Gasteiger partial charge on any atom is 0.194 e. The van der Waals surface area contributed by atoms with E-state index in [-0.39, 0.29) is 29.7 Å². The van der Waals surface area contributed by atoms with Crippen molar-refractivity contribution in [1.82, 2.24) is 10.2 Å². The van der Waals surface area contributed by atoms with E-state index in [1.807, 2.05) is 30.3 Å². The molecule has 2 aromatic carbocycles. The first-order valence-electron chi connectivity index (χ1n) is 9.67. The van der Waals surface area contributed by atoms with Crippen LogP contribution < -0.4 is 5.32 Å². The van der Waals surface area contributed by atoms with Crippen molar-refractivity contribution in [2.75, 3.05) is 26.2 Å². The first-order chi connectivity index (χ1) is 13.2. The Morgan fingerprint density at radius 1 is 1.14 bits per heavy atom. The summed E-state index contributed by atoms with van der Waals surface area (Å²) in [6.07, 6.45) is 1.12. The molecule has 0 aromatic heterocycles. The second-order valence-electron chi connectivity index (χ2n) is 6.94. The molecule has 0 aliphatic carbocycles. The van der Waals surface area contributed by atoms with Gasteiger partial charge < -0.3 is 20.1 Å². The van der Waals surface area contributed by atoms with E-state index in [1.165, 1.54) is 5.56 Å². The number of halogens is 1. The molecule has 2 aromatic rings. The lowest BCUT2D eigenvalue weighted by Crippen LogP contribution is -2.40. The van der Waals surface area contributed by atoms with Crippen LogP contribution in [0.25, 0.3) is 0 Å². The third-order valence-electron chi connectivity index (χ3n) is 4.73. The minimum Gasteiger partial charge on any atom is -0.508 e. The number of guanidine groups is 1. The van der Waals surface area contributed by atoms with Crippen LogP contribution in [0.5, 0.6) is 5.75 Å². The normalized spacial score (nSPS) is 16.7. The van der Waals surface area contributed by atoms with Gasteiger partial charge in [-0.05, 0) is 36.6 Å². The summed E-state index contributed by atoms with van der Waals surface area (Å²) >= 11 is 0. The summed E-state index contributed by atoms with van der Waals surface area (Å²) in [4.78, 5) is 7.09. The van der Waals surface area contributed by atoms with Crippen molar-refractivity contribution in [3.63, 3.8) is 0 Å². The second-order valence-corrected chi connectivity index (χ2v) is 6.94. The van der Waals surface area contributed by atoms with Crippen LogP contribution in [0.1, 0.15) is 24.5 Å². The van der Waals surface area contributed by atoms with Crippen LogP contribution in [0.15, 0.2) is 59.6 Å². The monoisotopic (exact) mass is 495 g/mol. The summed E-state index contributed by atoms with van der Waals surface area (Å²) in [6.45, 7) is 6.97. The Labute approximate surface area is 184 Å². The number of nitrogens with zero attached hydrogens (tertiary/aromatic N) is 2. The molecule has 1 heterocycles. The van der Waals surface area contributed by atoms with Crippen LogP contribution >= 0.6 is 24.0 Å². The Balaban J connectivity index is 0.00000280. The molecule has 2 N–H and O–H groups in total. The van der Waals surface area contributed by atoms with Gasteiger partial charge in [0.05, 0.1) is 19.8 Å². The number of aromatic hydroxyl groups is 1. The van der Waals surface area contributed by atoms with Crippen molar-refractivity contribution in [1.29, 1.82) is 0 Å². The lowest BCUT2D eigenvalue weighted by Gasteiger charge is -2.21. The lowest BCUT2D eigenvalue weighted by atomic mass is 10.1. The van der Waals surface area contributed by atoms with Crippen molar-refractivity contribution in [2.24, 2.45) is 10.9 Å². The van der Waals surface area contributed by atoms with Crippen LogP contribution in [0.2, 0.25) is 0 Å². The smallest absolute Gasteiger partial charge is 0.194 e. The molecule has 1 unspecified atom stereocenters. The van der Waals surface area contributed by atoms with E-state index in [0.717, 1.165) is 44.2 Å².